The lowest BCUT2D eigenvalue weighted by atomic mass is 10.3. The predicted molar refractivity (Wildman–Crippen MR) is 56.1 cm³/mol. The second kappa shape index (κ2) is 6.14. The van der Waals surface area contributed by atoms with E-state index < -0.39 is 11.9 Å². The summed E-state index contributed by atoms with van der Waals surface area (Å²) in [6.07, 6.45) is -0.378. The number of anilines is 1. The van der Waals surface area contributed by atoms with Crippen LogP contribution in [0.15, 0.2) is 0 Å². The molecule has 0 unspecified atom stereocenters. The Balaban J connectivity index is 2.64. The number of carboxylic acid groups (broad SMARTS) is 2. The molecule has 94 valence electrons. The van der Waals surface area contributed by atoms with Crippen molar-refractivity contribution in [1.82, 2.24) is 10.2 Å². The first-order valence-electron chi connectivity index (χ1n) is 4.94. The largest absolute Gasteiger partial charge is 0.550 e. The molecule has 17 heavy (non-hydrogen) atoms. The van der Waals surface area contributed by atoms with Crippen LogP contribution in [-0.2, 0) is 9.59 Å². The van der Waals surface area contributed by atoms with Gasteiger partial charge in [-0.15, -0.1) is 10.2 Å². The molecular weight excluding hydrogens is 246 g/mol. The third kappa shape index (κ3) is 4.77. The predicted octanol–water partition coefficient (Wildman–Crippen LogP) is -2.07. The molecule has 0 aliphatic rings. The van der Waals surface area contributed by atoms with E-state index in [0.717, 1.165) is 5.01 Å². The van der Waals surface area contributed by atoms with E-state index in [1.54, 1.807) is 11.8 Å². The topological polar surface area (TPSA) is 109 Å². The van der Waals surface area contributed by atoms with E-state index in [0.29, 0.717) is 5.13 Å². The summed E-state index contributed by atoms with van der Waals surface area (Å²) in [7, 11) is 0. The highest BCUT2D eigenvalue weighted by molar-refractivity contribution is 7.15. The minimum absolute atomic E-state index is 0.143. The molecule has 0 aliphatic carbocycles. The SMILES string of the molecule is Cc1nnc(N(CCC(=O)[O-])CCC(=O)[O-])s1. The number of hydrogen-bond acceptors (Lipinski definition) is 8. The minimum Gasteiger partial charge on any atom is -0.550 e. The maximum Gasteiger partial charge on any atom is 0.208 e. The Morgan fingerprint density at radius 2 is 1.71 bits per heavy atom. The Kier molecular flexibility index (Phi) is 4.83. The molecule has 0 saturated heterocycles. The molecule has 0 aromatic carbocycles. The van der Waals surface area contributed by atoms with Crippen LogP contribution in [0.25, 0.3) is 0 Å². The first-order chi connectivity index (χ1) is 7.99. The molecule has 0 N–H and O–H groups in total. The van der Waals surface area contributed by atoms with Crippen LogP contribution in [0, 0.1) is 6.92 Å². The number of aromatic nitrogens is 2. The van der Waals surface area contributed by atoms with Gasteiger partial charge in [-0.1, -0.05) is 11.3 Å². The van der Waals surface area contributed by atoms with Gasteiger partial charge < -0.3 is 24.7 Å². The molecule has 0 saturated carbocycles. The molecule has 1 rings (SSSR count). The van der Waals surface area contributed by atoms with Crippen LogP contribution in [0.3, 0.4) is 0 Å². The quantitative estimate of drug-likeness (QED) is 0.552. The highest BCUT2D eigenvalue weighted by Crippen LogP contribution is 2.19. The zero-order valence-electron chi connectivity index (χ0n) is 9.21. The molecule has 0 aliphatic heterocycles. The molecule has 0 bridgehead atoms. The molecule has 0 amide bonds. The first kappa shape index (κ1) is 13.4. The molecule has 0 spiro atoms. The second-order valence-corrected chi connectivity index (χ2v) is 4.49. The van der Waals surface area contributed by atoms with E-state index in [-0.39, 0.29) is 25.9 Å². The van der Waals surface area contributed by atoms with Crippen molar-refractivity contribution in [2.24, 2.45) is 0 Å². The lowest BCUT2D eigenvalue weighted by Gasteiger charge is -2.21. The zero-order chi connectivity index (χ0) is 12.8. The van der Waals surface area contributed by atoms with Gasteiger partial charge in [0.05, 0.1) is 0 Å². The van der Waals surface area contributed by atoms with Crippen LogP contribution in [0.4, 0.5) is 5.13 Å². The average Bonchev–Trinajstić information content (AvgIpc) is 2.64. The highest BCUT2D eigenvalue weighted by atomic mass is 32.1. The van der Waals surface area contributed by atoms with E-state index in [9.17, 15) is 19.8 Å². The fourth-order valence-electron chi connectivity index (χ4n) is 1.17. The standard InChI is InChI=1S/C9H13N3O4S/c1-6-10-11-9(17-6)12(4-2-7(13)14)5-3-8(15)16/h2-5H2,1H3,(H,13,14)(H,15,16)/p-2. The summed E-state index contributed by atoms with van der Waals surface area (Å²) in [4.78, 5) is 22.3. The molecule has 8 heteroatoms. The van der Waals surface area contributed by atoms with Gasteiger partial charge in [0, 0.05) is 37.9 Å². The summed E-state index contributed by atoms with van der Waals surface area (Å²) in [5.41, 5.74) is 0. The van der Waals surface area contributed by atoms with Gasteiger partial charge in [0.25, 0.3) is 0 Å². The normalized spacial score (nSPS) is 10.2. The summed E-state index contributed by atoms with van der Waals surface area (Å²) < 4.78 is 0. The summed E-state index contributed by atoms with van der Waals surface area (Å²) in [5, 5.41) is 29.6. The number of hydrogen-bond donors (Lipinski definition) is 0. The van der Waals surface area contributed by atoms with Crippen LogP contribution < -0.4 is 15.1 Å². The molecule has 1 aromatic heterocycles. The van der Waals surface area contributed by atoms with E-state index >= 15 is 0 Å². The van der Waals surface area contributed by atoms with Crippen molar-refractivity contribution in [2.75, 3.05) is 18.0 Å². The Hall–Kier alpha value is -1.70. The monoisotopic (exact) mass is 257 g/mol. The van der Waals surface area contributed by atoms with Crippen molar-refractivity contribution in [3.05, 3.63) is 5.01 Å². The summed E-state index contributed by atoms with van der Waals surface area (Å²) in [5.74, 6) is -2.38. The highest BCUT2D eigenvalue weighted by Gasteiger charge is 2.11. The Labute approximate surface area is 102 Å². The van der Waals surface area contributed by atoms with Gasteiger partial charge in [0.2, 0.25) is 5.13 Å². The van der Waals surface area contributed by atoms with Crippen molar-refractivity contribution in [2.45, 2.75) is 19.8 Å². The molecule has 7 nitrogen and oxygen atoms in total. The number of carbonyl (C=O) groups excluding carboxylic acids is 2. The van der Waals surface area contributed by atoms with E-state index in [4.69, 9.17) is 0 Å². The number of aryl methyl sites for hydroxylation is 1. The first-order valence-corrected chi connectivity index (χ1v) is 5.75. The Bertz CT molecular complexity index is 389. The lowest BCUT2D eigenvalue weighted by molar-refractivity contribution is -0.306. The molecule has 0 radical (unpaired) electrons. The Morgan fingerprint density at radius 3 is 2.06 bits per heavy atom. The Morgan fingerprint density at radius 1 is 1.18 bits per heavy atom. The molecule has 1 heterocycles. The number of nitrogens with zero attached hydrogens (tertiary/aromatic N) is 3. The van der Waals surface area contributed by atoms with E-state index in [1.165, 1.54) is 11.3 Å². The van der Waals surface area contributed by atoms with Gasteiger partial charge in [-0.25, -0.2) is 0 Å². The minimum atomic E-state index is -1.19. The van der Waals surface area contributed by atoms with Gasteiger partial charge in [-0.3, -0.25) is 0 Å². The fraction of sp³-hybridized carbons (Fsp3) is 0.556. The van der Waals surface area contributed by atoms with Crippen molar-refractivity contribution >= 4 is 28.4 Å². The van der Waals surface area contributed by atoms with E-state index in [2.05, 4.69) is 10.2 Å². The third-order valence-corrected chi connectivity index (χ3v) is 2.86. The van der Waals surface area contributed by atoms with Crippen molar-refractivity contribution in [3.63, 3.8) is 0 Å². The molecule has 0 fully saturated rings. The number of carboxylic acids is 2. The number of aliphatic carboxylic acids is 2. The van der Waals surface area contributed by atoms with Gasteiger partial charge in [-0.05, 0) is 6.92 Å². The van der Waals surface area contributed by atoms with Gasteiger partial charge in [-0.2, -0.15) is 0 Å². The maximum absolute atomic E-state index is 10.4. The summed E-state index contributed by atoms with van der Waals surface area (Å²) >= 11 is 1.28. The summed E-state index contributed by atoms with van der Waals surface area (Å²) in [6.45, 7) is 2.05. The van der Waals surface area contributed by atoms with Gasteiger partial charge in [0.15, 0.2) is 0 Å². The van der Waals surface area contributed by atoms with Crippen LogP contribution in [0.1, 0.15) is 17.8 Å². The summed E-state index contributed by atoms with van der Waals surface area (Å²) in [6, 6.07) is 0. The van der Waals surface area contributed by atoms with Gasteiger partial charge >= 0.3 is 0 Å². The third-order valence-electron chi connectivity index (χ3n) is 1.96. The van der Waals surface area contributed by atoms with E-state index in [1.807, 2.05) is 0 Å². The van der Waals surface area contributed by atoms with Crippen molar-refractivity contribution < 1.29 is 19.8 Å². The van der Waals surface area contributed by atoms with Crippen LogP contribution >= 0.6 is 11.3 Å². The maximum atomic E-state index is 10.4. The second-order valence-electron chi connectivity index (χ2n) is 3.33. The van der Waals surface area contributed by atoms with Crippen LogP contribution in [0.5, 0.6) is 0 Å². The van der Waals surface area contributed by atoms with Crippen molar-refractivity contribution in [1.29, 1.82) is 0 Å². The molecule has 0 atom stereocenters. The number of rotatable bonds is 7. The number of carbonyl (C=O) groups is 2. The van der Waals surface area contributed by atoms with Gasteiger partial charge in [0.1, 0.15) is 5.01 Å². The smallest absolute Gasteiger partial charge is 0.208 e. The van der Waals surface area contributed by atoms with Crippen LogP contribution in [0.2, 0.25) is 0 Å². The molecular formula is C9H11N3O4S-2. The molecule has 1 aromatic rings. The zero-order valence-corrected chi connectivity index (χ0v) is 10.0. The fourth-order valence-corrected chi connectivity index (χ4v) is 1.91. The average molecular weight is 257 g/mol. The van der Waals surface area contributed by atoms with Crippen molar-refractivity contribution in [3.8, 4) is 0 Å². The lowest BCUT2D eigenvalue weighted by Crippen LogP contribution is -2.34. The van der Waals surface area contributed by atoms with Crippen LogP contribution in [-0.4, -0.2) is 35.2 Å².